The van der Waals surface area contributed by atoms with Crippen LogP contribution in [0.2, 0.25) is 0 Å². The van der Waals surface area contributed by atoms with Crippen LogP contribution in [0.1, 0.15) is 36.8 Å². The lowest BCUT2D eigenvalue weighted by molar-refractivity contribution is -0.145. The van der Waals surface area contributed by atoms with Crippen molar-refractivity contribution >= 4 is 0 Å². The molecule has 0 bridgehead atoms. The van der Waals surface area contributed by atoms with Gasteiger partial charge in [0.05, 0.1) is 5.69 Å². The van der Waals surface area contributed by atoms with Gasteiger partial charge in [-0.15, -0.1) is 0 Å². The highest BCUT2D eigenvalue weighted by Crippen LogP contribution is 2.36. The highest BCUT2D eigenvalue weighted by molar-refractivity contribution is 5.31. The van der Waals surface area contributed by atoms with Crippen LogP contribution in [0.4, 0.5) is 13.2 Å². The van der Waals surface area contributed by atoms with Crippen molar-refractivity contribution in [3.8, 4) is 0 Å². The first kappa shape index (κ1) is 10.5. The van der Waals surface area contributed by atoms with E-state index in [1.165, 1.54) is 0 Å². The molecule has 0 amide bonds. The van der Waals surface area contributed by atoms with Crippen LogP contribution >= 0.6 is 0 Å². The molecule has 2 rings (SSSR count). The largest absolute Gasteiger partial charge is 0.433 e. The van der Waals surface area contributed by atoms with Gasteiger partial charge in [-0.3, -0.25) is 4.68 Å². The number of nitrogens with zero attached hydrogens (tertiary/aromatic N) is 2. The highest BCUT2D eigenvalue weighted by Gasteiger charge is 2.41. The van der Waals surface area contributed by atoms with Gasteiger partial charge in [0.15, 0.2) is 0 Å². The highest BCUT2D eigenvalue weighted by atomic mass is 19.4. The predicted octanol–water partition coefficient (Wildman–Crippen LogP) is 2.09. The van der Waals surface area contributed by atoms with Gasteiger partial charge in [0.2, 0.25) is 0 Å². The zero-order valence-corrected chi connectivity index (χ0v) is 8.52. The van der Waals surface area contributed by atoms with Crippen molar-refractivity contribution in [3.63, 3.8) is 0 Å². The fourth-order valence-electron chi connectivity index (χ4n) is 1.82. The van der Waals surface area contributed by atoms with E-state index in [1.54, 1.807) is 13.8 Å². The second-order valence-corrected chi connectivity index (χ2v) is 3.91. The Morgan fingerprint density at radius 3 is 2.53 bits per heavy atom. The maximum atomic E-state index is 12.8. The molecule has 1 aromatic heterocycles. The summed E-state index contributed by atoms with van der Waals surface area (Å²) in [6.45, 7) is 4.09. The standard InChI is InChI=1S/C9H12F3N3/c1-5(2)15-8(9(10,11)12)6-3-13-4-7(6)14-15/h5,13H,3-4H2,1-2H3. The lowest BCUT2D eigenvalue weighted by Gasteiger charge is -2.14. The van der Waals surface area contributed by atoms with E-state index in [0.717, 1.165) is 4.68 Å². The minimum atomic E-state index is -4.32. The number of halogens is 3. The Labute approximate surface area is 85.3 Å². The normalized spacial score (nSPS) is 16.1. The summed E-state index contributed by atoms with van der Waals surface area (Å²) in [4.78, 5) is 0. The van der Waals surface area contributed by atoms with E-state index in [4.69, 9.17) is 0 Å². The van der Waals surface area contributed by atoms with E-state index >= 15 is 0 Å². The molecular formula is C9H12F3N3. The predicted molar refractivity (Wildman–Crippen MR) is 48.2 cm³/mol. The van der Waals surface area contributed by atoms with E-state index in [-0.39, 0.29) is 12.6 Å². The number of hydrogen-bond donors (Lipinski definition) is 1. The Bertz CT molecular complexity index is 379. The fraction of sp³-hybridized carbons (Fsp3) is 0.667. The average Bonchev–Trinajstić information content (AvgIpc) is 2.56. The van der Waals surface area contributed by atoms with E-state index < -0.39 is 11.9 Å². The number of fused-ring (bicyclic) bond motifs is 1. The SMILES string of the molecule is CC(C)n1nc2c(c1C(F)(F)F)CNC2. The summed E-state index contributed by atoms with van der Waals surface area (Å²) in [6, 6.07) is -0.271. The van der Waals surface area contributed by atoms with Gasteiger partial charge in [0, 0.05) is 24.7 Å². The molecule has 0 unspecified atom stereocenters. The van der Waals surface area contributed by atoms with Crippen LogP contribution in [0.25, 0.3) is 0 Å². The van der Waals surface area contributed by atoms with Gasteiger partial charge in [-0.25, -0.2) is 0 Å². The molecule has 0 fully saturated rings. The summed E-state index contributed by atoms with van der Waals surface area (Å²) in [6.07, 6.45) is -4.32. The van der Waals surface area contributed by atoms with E-state index in [1.807, 2.05) is 0 Å². The maximum Gasteiger partial charge on any atom is 0.433 e. The van der Waals surface area contributed by atoms with Crippen LogP contribution in [0.15, 0.2) is 0 Å². The smallest absolute Gasteiger partial charge is 0.307 e. The number of aromatic nitrogens is 2. The molecule has 2 heterocycles. The quantitative estimate of drug-likeness (QED) is 0.783. The third-order valence-corrected chi connectivity index (χ3v) is 2.44. The summed E-state index contributed by atoms with van der Waals surface area (Å²) >= 11 is 0. The second kappa shape index (κ2) is 3.23. The molecule has 0 aromatic carbocycles. The zero-order valence-electron chi connectivity index (χ0n) is 8.52. The molecule has 1 N–H and O–H groups in total. The fourth-order valence-corrected chi connectivity index (χ4v) is 1.82. The van der Waals surface area contributed by atoms with E-state index in [2.05, 4.69) is 10.4 Å². The molecule has 0 saturated carbocycles. The van der Waals surface area contributed by atoms with Gasteiger partial charge in [0.1, 0.15) is 5.69 Å². The molecule has 0 aliphatic carbocycles. The molecule has 3 nitrogen and oxygen atoms in total. The van der Waals surface area contributed by atoms with Crippen LogP contribution in [0.5, 0.6) is 0 Å². The third-order valence-electron chi connectivity index (χ3n) is 2.44. The Kier molecular flexibility index (Phi) is 2.26. The van der Waals surface area contributed by atoms with Crippen LogP contribution in [-0.4, -0.2) is 9.78 Å². The van der Waals surface area contributed by atoms with Crippen molar-refractivity contribution in [3.05, 3.63) is 17.0 Å². The number of alkyl halides is 3. The van der Waals surface area contributed by atoms with Crippen molar-refractivity contribution in [2.45, 2.75) is 39.2 Å². The van der Waals surface area contributed by atoms with Crippen LogP contribution < -0.4 is 5.32 Å². The summed E-state index contributed by atoms with van der Waals surface area (Å²) in [5.41, 5.74) is 0.227. The van der Waals surface area contributed by atoms with Gasteiger partial charge in [-0.05, 0) is 13.8 Å². The Morgan fingerprint density at radius 2 is 2.00 bits per heavy atom. The molecule has 0 atom stereocenters. The molecule has 0 saturated heterocycles. The molecule has 1 aliphatic rings. The van der Waals surface area contributed by atoms with Crippen molar-refractivity contribution in [2.75, 3.05) is 0 Å². The van der Waals surface area contributed by atoms with Crippen molar-refractivity contribution < 1.29 is 13.2 Å². The minimum Gasteiger partial charge on any atom is -0.307 e. The molecule has 84 valence electrons. The van der Waals surface area contributed by atoms with Gasteiger partial charge in [0.25, 0.3) is 0 Å². The third kappa shape index (κ3) is 1.62. The summed E-state index contributed by atoms with van der Waals surface area (Å²) in [7, 11) is 0. The molecule has 0 spiro atoms. The minimum absolute atomic E-state index is 0.261. The summed E-state index contributed by atoms with van der Waals surface area (Å²) < 4.78 is 39.5. The summed E-state index contributed by atoms with van der Waals surface area (Å²) in [5.74, 6) is 0. The number of nitrogens with one attached hydrogen (secondary N) is 1. The summed E-state index contributed by atoms with van der Waals surface area (Å²) in [5, 5.41) is 6.86. The van der Waals surface area contributed by atoms with Crippen LogP contribution in [-0.2, 0) is 19.3 Å². The lowest BCUT2D eigenvalue weighted by Crippen LogP contribution is -2.19. The Hall–Kier alpha value is -1.04. The molecule has 6 heteroatoms. The number of rotatable bonds is 1. The van der Waals surface area contributed by atoms with Crippen LogP contribution in [0.3, 0.4) is 0 Å². The first-order valence-electron chi connectivity index (χ1n) is 4.79. The number of hydrogen-bond acceptors (Lipinski definition) is 2. The maximum absolute atomic E-state index is 12.8. The topological polar surface area (TPSA) is 29.9 Å². The van der Waals surface area contributed by atoms with Gasteiger partial charge in [-0.2, -0.15) is 18.3 Å². The Morgan fingerprint density at radius 1 is 1.33 bits per heavy atom. The van der Waals surface area contributed by atoms with Crippen molar-refractivity contribution in [1.82, 2.24) is 15.1 Å². The molecular weight excluding hydrogens is 207 g/mol. The Balaban J connectivity index is 2.58. The van der Waals surface area contributed by atoms with Gasteiger partial charge in [-0.1, -0.05) is 0 Å². The van der Waals surface area contributed by atoms with E-state index in [0.29, 0.717) is 17.8 Å². The lowest BCUT2D eigenvalue weighted by atomic mass is 10.2. The molecule has 1 aliphatic heterocycles. The van der Waals surface area contributed by atoms with E-state index in [9.17, 15) is 13.2 Å². The molecule has 15 heavy (non-hydrogen) atoms. The monoisotopic (exact) mass is 219 g/mol. The van der Waals surface area contributed by atoms with Gasteiger partial charge >= 0.3 is 6.18 Å². The second-order valence-electron chi connectivity index (χ2n) is 3.91. The molecule has 0 radical (unpaired) electrons. The van der Waals surface area contributed by atoms with Gasteiger partial charge < -0.3 is 5.32 Å². The average molecular weight is 219 g/mol. The first-order valence-corrected chi connectivity index (χ1v) is 4.79. The zero-order chi connectivity index (χ0) is 11.2. The van der Waals surface area contributed by atoms with Crippen molar-refractivity contribution in [2.24, 2.45) is 0 Å². The van der Waals surface area contributed by atoms with Crippen LogP contribution in [0, 0.1) is 0 Å². The van der Waals surface area contributed by atoms with Crippen molar-refractivity contribution in [1.29, 1.82) is 0 Å². The first-order chi connectivity index (χ1) is 6.91. The molecule has 1 aromatic rings.